The zero-order valence-electron chi connectivity index (χ0n) is 15.4. The highest BCUT2D eigenvalue weighted by Crippen LogP contribution is 2.24. The normalized spacial score (nSPS) is 15.3. The second kappa shape index (κ2) is 8.70. The van der Waals surface area contributed by atoms with Gasteiger partial charge in [0.2, 0.25) is 15.9 Å². The summed E-state index contributed by atoms with van der Waals surface area (Å²) >= 11 is 0.761. The number of nitrogens with zero attached hydrogens (tertiary/aromatic N) is 2. The van der Waals surface area contributed by atoms with Crippen molar-refractivity contribution >= 4 is 43.0 Å². The van der Waals surface area contributed by atoms with E-state index in [2.05, 4.69) is 0 Å². The Kier molecular flexibility index (Phi) is 7.03. The van der Waals surface area contributed by atoms with Gasteiger partial charge in [0.25, 0.3) is 5.91 Å². The van der Waals surface area contributed by atoms with Crippen LogP contribution in [0.2, 0.25) is 0 Å². The maximum absolute atomic E-state index is 12.8. The van der Waals surface area contributed by atoms with Gasteiger partial charge in [-0.15, -0.1) is 11.3 Å². The van der Waals surface area contributed by atoms with Crippen molar-refractivity contribution in [1.29, 1.82) is 0 Å². The molecule has 0 aromatic carbocycles. The van der Waals surface area contributed by atoms with Crippen LogP contribution in [0, 0.1) is 0 Å². The average Bonchev–Trinajstić information content (AvgIpc) is 3.20. The lowest BCUT2D eigenvalue weighted by molar-refractivity contribution is -0.127. The molecule has 8 nitrogen and oxygen atoms in total. The van der Waals surface area contributed by atoms with Gasteiger partial charge in [-0.25, -0.2) is 21.1 Å². The highest BCUT2D eigenvalue weighted by molar-refractivity contribution is 7.92. The zero-order chi connectivity index (χ0) is 20.2. The molecule has 152 valence electrons. The molecule has 0 unspecified atom stereocenters. The molecule has 27 heavy (non-hydrogen) atoms. The fraction of sp³-hybridized carbons (Fsp3) is 0.625. The van der Waals surface area contributed by atoms with Crippen molar-refractivity contribution in [2.45, 2.75) is 36.8 Å². The molecule has 0 saturated carbocycles. The summed E-state index contributed by atoms with van der Waals surface area (Å²) in [7, 11) is -7.28. The minimum absolute atomic E-state index is 0.0151. The van der Waals surface area contributed by atoms with Crippen molar-refractivity contribution in [2.24, 2.45) is 0 Å². The maximum atomic E-state index is 12.8. The fourth-order valence-corrected chi connectivity index (χ4v) is 6.27. The minimum Gasteiger partial charge on any atom is -0.343 e. The predicted octanol–water partition coefficient (Wildman–Crippen LogP) is 1.35. The molecule has 0 radical (unpaired) electrons. The quantitative estimate of drug-likeness (QED) is 0.578. The molecule has 1 aliphatic rings. The largest absolute Gasteiger partial charge is 0.343 e. The Bertz CT molecular complexity index is 904. The molecule has 0 bridgehead atoms. The number of carbonyl (C=O) groups excluding carboxylic acids is 2. The number of likely N-dealkylation sites (tertiary alicyclic amines) is 1. The van der Waals surface area contributed by atoms with E-state index in [0.29, 0.717) is 32.4 Å². The number of sulfonamides is 1. The summed E-state index contributed by atoms with van der Waals surface area (Å²) in [6, 6.07) is 2.64. The van der Waals surface area contributed by atoms with E-state index in [-0.39, 0.29) is 27.3 Å². The molecule has 0 spiro atoms. The molecule has 1 aliphatic heterocycles. The van der Waals surface area contributed by atoms with Crippen LogP contribution >= 0.6 is 11.3 Å². The van der Waals surface area contributed by atoms with Gasteiger partial charge in [-0.2, -0.15) is 0 Å². The van der Waals surface area contributed by atoms with Gasteiger partial charge in [-0.05, 0) is 31.4 Å². The Morgan fingerprint density at radius 2 is 1.96 bits per heavy atom. The number of hydrogen-bond acceptors (Lipinski definition) is 7. The second-order valence-corrected chi connectivity index (χ2v) is 11.8. The summed E-state index contributed by atoms with van der Waals surface area (Å²) in [6.45, 7) is 2.70. The van der Waals surface area contributed by atoms with Crippen LogP contribution in [0.4, 0.5) is 0 Å². The molecular weight excluding hydrogens is 412 g/mol. The fourth-order valence-electron chi connectivity index (χ4n) is 2.84. The van der Waals surface area contributed by atoms with Gasteiger partial charge in [0.1, 0.15) is 4.21 Å². The molecule has 1 aromatic rings. The van der Waals surface area contributed by atoms with Gasteiger partial charge in [0, 0.05) is 32.3 Å². The first-order chi connectivity index (χ1) is 12.6. The lowest BCUT2D eigenvalue weighted by Gasteiger charge is -2.23. The number of hydrogen-bond donors (Lipinski definition) is 0. The standard InChI is InChI=1S/C16H24N2O6S3/c1-3-12-27(23,24)18(11-5-10-17-9-4-6-14(17)19)16(20)13-7-8-15(25-13)26(2,21)22/h7-8H,3-6,9-12H2,1-2H3. The van der Waals surface area contributed by atoms with E-state index >= 15 is 0 Å². The molecule has 1 aromatic heterocycles. The lowest BCUT2D eigenvalue weighted by atomic mass is 10.3. The summed E-state index contributed by atoms with van der Waals surface area (Å²) in [5.41, 5.74) is 0. The van der Waals surface area contributed by atoms with Crippen LogP contribution in [-0.4, -0.2) is 69.5 Å². The van der Waals surface area contributed by atoms with E-state index in [1.807, 2.05) is 0 Å². The third kappa shape index (κ3) is 5.52. The summed E-state index contributed by atoms with van der Waals surface area (Å²) in [6.07, 6.45) is 3.02. The van der Waals surface area contributed by atoms with Crippen molar-refractivity contribution in [3.05, 3.63) is 17.0 Å². The van der Waals surface area contributed by atoms with Gasteiger partial charge in [0.15, 0.2) is 9.84 Å². The van der Waals surface area contributed by atoms with Crippen molar-refractivity contribution in [2.75, 3.05) is 31.6 Å². The summed E-state index contributed by atoms with van der Waals surface area (Å²) in [5, 5.41) is 0. The number of sulfone groups is 1. The first-order valence-corrected chi connectivity index (χ1v) is 13.0. The molecule has 0 N–H and O–H groups in total. The molecule has 2 amide bonds. The maximum Gasteiger partial charge on any atom is 0.277 e. The Hall–Kier alpha value is -1.46. The smallest absolute Gasteiger partial charge is 0.277 e. The SMILES string of the molecule is CCCS(=O)(=O)N(CCCN1CCCC1=O)C(=O)c1ccc(S(C)(=O)=O)s1. The Morgan fingerprint density at radius 3 is 2.48 bits per heavy atom. The van der Waals surface area contributed by atoms with Crippen molar-refractivity contribution in [3.8, 4) is 0 Å². The topological polar surface area (TPSA) is 109 Å². The number of thiophene rings is 1. The predicted molar refractivity (Wildman–Crippen MR) is 103 cm³/mol. The second-order valence-electron chi connectivity index (χ2n) is 6.42. The van der Waals surface area contributed by atoms with E-state index in [9.17, 15) is 26.4 Å². The molecule has 0 atom stereocenters. The summed E-state index contributed by atoms with van der Waals surface area (Å²) < 4.78 is 49.2. The molecule has 0 aliphatic carbocycles. The van der Waals surface area contributed by atoms with Crippen LogP contribution in [0.25, 0.3) is 0 Å². The van der Waals surface area contributed by atoms with Crippen LogP contribution < -0.4 is 0 Å². The van der Waals surface area contributed by atoms with E-state index in [4.69, 9.17) is 0 Å². The zero-order valence-corrected chi connectivity index (χ0v) is 17.8. The van der Waals surface area contributed by atoms with Crippen LogP contribution in [0.15, 0.2) is 16.3 Å². The van der Waals surface area contributed by atoms with E-state index in [0.717, 1.165) is 28.3 Å². The van der Waals surface area contributed by atoms with Gasteiger partial charge in [-0.1, -0.05) is 6.92 Å². The summed E-state index contributed by atoms with van der Waals surface area (Å²) in [5.74, 6) is -0.859. The Balaban J connectivity index is 2.17. The molecule has 2 rings (SSSR count). The van der Waals surface area contributed by atoms with Gasteiger partial charge in [0.05, 0.1) is 10.6 Å². The van der Waals surface area contributed by atoms with E-state index < -0.39 is 25.8 Å². The van der Waals surface area contributed by atoms with Crippen molar-refractivity contribution in [3.63, 3.8) is 0 Å². The van der Waals surface area contributed by atoms with Crippen LogP contribution in [0.5, 0.6) is 0 Å². The highest BCUT2D eigenvalue weighted by atomic mass is 32.2. The lowest BCUT2D eigenvalue weighted by Crippen LogP contribution is -2.40. The highest BCUT2D eigenvalue weighted by Gasteiger charge is 2.30. The van der Waals surface area contributed by atoms with Gasteiger partial charge < -0.3 is 4.90 Å². The Labute approximate surface area is 164 Å². The average molecular weight is 437 g/mol. The first-order valence-electron chi connectivity index (χ1n) is 8.68. The third-order valence-electron chi connectivity index (χ3n) is 4.14. The first kappa shape index (κ1) is 21.8. The molecule has 2 heterocycles. The van der Waals surface area contributed by atoms with Crippen molar-refractivity contribution in [1.82, 2.24) is 9.21 Å². The van der Waals surface area contributed by atoms with Gasteiger partial charge in [-0.3, -0.25) is 9.59 Å². The third-order valence-corrected chi connectivity index (χ3v) is 8.98. The van der Waals surface area contributed by atoms with Crippen LogP contribution in [0.3, 0.4) is 0 Å². The van der Waals surface area contributed by atoms with Crippen molar-refractivity contribution < 1.29 is 26.4 Å². The molecule has 11 heteroatoms. The number of rotatable bonds is 9. The Morgan fingerprint density at radius 1 is 1.26 bits per heavy atom. The molecule has 1 fully saturated rings. The van der Waals surface area contributed by atoms with Crippen LogP contribution in [0.1, 0.15) is 42.3 Å². The van der Waals surface area contributed by atoms with Gasteiger partial charge >= 0.3 is 0 Å². The molecular formula is C16H24N2O6S3. The summed E-state index contributed by atoms with van der Waals surface area (Å²) in [4.78, 5) is 26.2. The van der Waals surface area contributed by atoms with Crippen LogP contribution in [-0.2, 0) is 24.7 Å². The number of carbonyl (C=O) groups is 2. The van der Waals surface area contributed by atoms with E-state index in [1.165, 1.54) is 12.1 Å². The number of amides is 2. The minimum atomic E-state index is -3.82. The monoisotopic (exact) mass is 436 g/mol. The van der Waals surface area contributed by atoms with E-state index in [1.54, 1.807) is 11.8 Å². The molecule has 1 saturated heterocycles.